The van der Waals surface area contributed by atoms with Crippen molar-refractivity contribution in [2.24, 2.45) is 0 Å². The summed E-state index contributed by atoms with van der Waals surface area (Å²) in [4.78, 5) is 14.9. The van der Waals surface area contributed by atoms with Crippen molar-refractivity contribution in [1.29, 1.82) is 0 Å². The van der Waals surface area contributed by atoms with Crippen LogP contribution >= 0.6 is 0 Å². The summed E-state index contributed by atoms with van der Waals surface area (Å²) in [6.07, 6.45) is 7.80. The molecule has 0 aliphatic carbocycles. The Morgan fingerprint density at radius 3 is 2.60 bits per heavy atom. The SMILES string of the molecule is CCCCCCCC(=O)N[C@@H](Cc1ccc2c(c1)OCCO2)CN(CC)CCCO. The van der Waals surface area contributed by atoms with E-state index in [9.17, 15) is 9.90 Å². The maximum Gasteiger partial charge on any atom is 0.220 e. The van der Waals surface area contributed by atoms with Gasteiger partial charge in [0.15, 0.2) is 11.5 Å². The summed E-state index contributed by atoms with van der Waals surface area (Å²) in [5.41, 5.74) is 1.13. The minimum absolute atomic E-state index is 0.0225. The number of nitrogens with one attached hydrogen (secondary N) is 1. The van der Waals surface area contributed by atoms with Crippen LogP contribution < -0.4 is 14.8 Å². The average Bonchev–Trinajstić information content (AvgIpc) is 2.76. The van der Waals surface area contributed by atoms with Crippen molar-refractivity contribution in [3.05, 3.63) is 23.8 Å². The van der Waals surface area contributed by atoms with E-state index in [-0.39, 0.29) is 18.6 Å². The van der Waals surface area contributed by atoms with Crippen LogP contribution in [0, 0.1) is 0 Å². The van der Waals surface area contributed by atoms with E-state index in [4.69, 9.17) is 9.47 Å². The number of benzene rings is 1. The van der Waals surface area contributed by atoms with Gasteiger partial charge in [-0.15, -0.1) is 0 Å². The van der Waals surface area contributed by atoms with Crippen LogP contribution in [-0.4, -0.2) is 61.4 Å². The van der Waals surface area contributed by atoms with Gasteiger partial charge in [-0.05, 0) is 43.5 Å². The molecule has 0 fully saturated rings. The van der Waals surface area contributed by atoms with Crippen molar-refractivity contribution in [3.63, 3.8) is 0 Å². The molecule has 1 aromatic carbocycles. The molecule has 6 heteroatoms. The zero-order chi connectivity index (χ0) is 21.6. The number of unbranched alkanes of at least 4 members (excludes halogenated alkanes) is 4. The molecule has 2 rings (SSSR count). The number of rotatable bonds is 15. The Kier molecular flexibility index (Phi) is 11.6. The van der Waals surface area contributed by atoms with Crippen LogP contribution in [0.1, 0.15) is 64.4 Å². The van der Waals surface area contributed by atoms with E-state index < -0.39 is 0 Å². The molecule has 30 heavy (non-hydrogen) atoms. The van der Waals surface area contributed by atoms with Crippen LogP contribution in [0.2, 0.25) is 0 Å². The fourth-order valence-corrected chi connectivity index (χ4v) is 3.83. The Bertz CT molecular complexity index is 623. The van der Waals surface area contributed by atoms with Crippen LogP contribution in [0.3, 0.4) is 0 Å². The topological polar surface area (TPSA) is 71.0 Å². The number of amides is 1. The third-order valence-electron chi connectivity index (χ3n) is 5.52. The monoisotopic (exact) mass is 420 g/mol. The van der Waals surface area contributed by atoms with Gasteiger partial charge in [-0.1, -0.05) is 45.6 Å². The maximum atomic E-state index is 12.6. The highest BCUT2D eigenvalue weighted by Crippen LogP contribution is 2.31. The molecular formula is C24H40N2O4. The van der Waals surface area contributed by atoms with Gasteiger partial charge in [0.1, 0.15) is 13.2 Å². The molecule has 170 valence electrons. The summed E-state index contributed by atoms with van der Waals surface area (Å²) in [5.74, 6) is 1.70. The molecule has 1 aliphatic heterocycles. The smallest absolute Gasteiger partial charge is 0.220 e. The van der Waals surface area contributed by atoms with E-state index in [1.807, 2.05) is 12.1 Å². The molecule has 6 nitrogen and oxygen atoms in total. The van der Waals surface area contributed by atoms with Crippen molar-refractivity contribution in [3.8, 4) is 11.5 Å². The second kappa shape index (κ2) is 14.3. The first kappa shape index (κ1) is 24.5. The van der Waals surface area contributed by atoms with Gasteiger partial charge in [0.2, 0.25) is 5.91 Å². The molecule has 0 unspecified atom stereocenters. The molecule has 2 N–H and O–H groups in total. The molecular weight excluding hydrogens is 380 g/mol. The third kappa shape index (κ3) is 8.92. The van der Waals surface area contributed by atoms with Crippen LogP contribution in [0.4, 0.5) is 0 Å². The molecule has 1 atom stereocenters. The predicted octanol–water partition coefficient (Wildman–Crippen LogP) is 3.55. The van der Waals surface area contributed by atoms with Crippen molar-refractivity contribution >= 4 is 5.91 Å². The molecule has 0 radical (unpaired) electrons. The number of nitrogens with zero attached hydrogens (tertiary/aromatic N) is 1. The van der Waals surface area contributed by atoms with Gasteiger partial charge >= 0.3 is 0 Å². The molecule has 1 amide bonds. The van der Waals surface area contributed by atoms with Gasteiger partial charge in [-0.25, -0.2) is 0 Å². The number of ether oxygens (including phenoxy) is 2. The summed E-state index contributed by atoms with van der Waals surface area (Å²) in [6.45, 7) is 8.15. The second-order valence-electron chi connectivity index (χ2n) is 8.08. The fraction of sp³-hybridized carbons (Fsp3) is 0.708. The number of fused-ring (bicyclic) bond motifs is 1. The van der Waals surface area contributed by atoms with E-state index in [0.717, 1.165) is 62.4 Å². The summed E-state index contributed by atoms with van der Waals surface area (Å²) in [5, 5.41) is 12.4. The molecule has 1 aromatic rings. The largest absolute Gasteiger partial charge is 0.486 e. The summed E-state index contributed by atoms with van der Waals surface area (Å²) in [6, 6.07) is 6.07. The number of hydrogen-bond donors (Lipinski definition) is 2. The first-order valence-electron chi connectivity index (χ1n) is 11.7. The zero-order valence-corrected chi connectivity index (χ0v) is 18.8. The first-order chi connectivity index (χ1) is 14.7. The van der Waals surface area contributed by atoms with Crippen molar-refractivity contribution in [2.75, 3.05) is 39.5 Å². The number of carbonyl (C=O) groups is 1. The van der Waals surface area contributed by atoms with Crippen LogP contribution in [0.25, 0.3) is 0 Å². The van der Waals surface area contributed by atoms with Gasteiger partial charge in [0.25, 0.3) is 0 Å². The highest BCUT2D eigenvalue weighted by atomic mass is 16.6. The Labute approximate surface area is 181 Å². The molecule has 1 heterocycles. The lowest BCUT2D eigenvalue weighted by Gasteiger charge is -2.28. The number of hydrogen-bond acceptors (Lipinski definition) is 5. The Morgan fingerprint density at radius 1 is 1.10 bits per heavy atom. The van der Waals surface area contributed by atoms with Crippen LogP contribution in [-0.2, 0) is 11.2 Å². The van der Waals surface area contributed by atoms with Crippen molar-refractivity contribution < 1.29 is 19.4 Å². The van der Waals surface area contributed by atoms with E-state index in [0.29, 0.717) is 19.6 Å². The van der Waals surface area contributed by atoms with E-state index in [1.54, 1.807) is 0 Å². The highest BCUT2D eigenvalue weighted by molar-refractivity contribution is 5.76. The summed E-state index contributed by atoms with van der Waals surface area (Å²) >= 11 is 0. The van der Waals surface area contributed by atoms with E-state index in [2.05, 4.69) is 30.1 Å². The predicted molar refractivity (Wildman–Crippen MR) is 120 cm³/mol. The third-order valence-corrected chi connectivity index (χ3v) is 5.52. The fourth-order valence-electron chi connectivity index (χ4n) is 3.83. The van der Waals surface area contributed by atoms with Crippen molar-refractivity contribution in [1.82, 2.24) is 10.2 Å². The number of aliphatic hydroxyl groups excluding tert-OH is 1. The number of carbonyl (C=O) groups excluding carboxylic acids is 1. The lowest BCUT2D eigenvalue weighted by molar-refractivity contribution is -0.122. The zero-order valence-electron chi connectivity index (χ0n) is 18.8. The van der Waals surface area contributed by atoms with Crippen LogP contribution in [0.5, 0.6) is 11.5 Å². The second-order valence-corrected chi connectivity index (χ2v) is 8.08. The number of aliphatic hydroxyl groups is 1. The quantitative estimate of drug-likeness (QED) is 0.425. The Hall–Kier alpha value is -1.79. The summed E-state index contributed by atoms with van der Waals surface area (Å²) < 4.78 is 11.3. The van der Waals surface area contributed by atoms with Gasteiger partial charge in [-0.2, -0.15) is 0 Å². The molecule has 0 spiro atoms. The molecule has 0 saturated heterocycles. The lowest BCUT2D eigenvalue weighted by atomic mass is 10.0. The average molecular weight is 421 g/mol. The van der Waals surface area contributed by atoms with Crippen molar-refractivity contribution in [2.45, 2.75) is 71.3 Å². The first-order valence-corrected chi connectivity index (χ1v) is 11.7. The standard InChI is InChI=1S/C24H40N2O4/c1-3-5-6-7-8-10-24(28)25-21(19-26(4-2)13-9-14-27)17-20-11-12-22-23(18-20)30-16-15-29-22/h11-12,18,21,27H,3-10,13-17,19H2,1-2H3,(H,25,28)/t21-/m0/s1. The van der Waals surface area contributed by atoms with Gasteiger partial charge in [0.05, 0.1) is 0 Å². The molecule has 0 bridgehead atoms. The van der Waals surface area contributed by atoms with Crippen LogP contribution in [0.15, 0.2) is 18.2 Å². The molecule has 1 aliphatic rings. The number of likely N-dealkylation sites (N-methyl/N-ethyl adjacent to an activating group) is 1. The van der Waals surface area contributed by atoms with E-state index >= 15 is 0 Å². The maximum absolute atomic E-state index is 12.6. The van der Waals surface area contributed by atoms with E-state index in [1.165, 1.54) is 19.3 Å². The van der Waals surface area contributed by atoms with Gasteiger partial charge in [-0.3, -0.25) is 4.79 Å². The highest BCUT2D eigenvalue weighted by Gasteiger charge is 2.18. The molecule has 0 aromatic heterocycles. The Balaban J connectivity index is 1.96. The summed E-state index contributed by atoms with van der Waals surface area (Å²) in [7, 11) is 0. The Morgan fingerprint density at radius 2 is 1.87 bits per heavy atom. The minimum atomic E-state index is 0.0225. The normalized spacial score (nSPS) is 14.0. The molecule has 0 saturated carbocycles. The lowest BCUT2D eigenvalue weighted by Crippen LogP contribution is -2.45. The van der Waals surface area contributed by atoms with Gasteiger partial charge < -0.3 is 24.8 Å². The minimum Gasteiger partial charge on any atom is -0.486 e. The van der Waals surface area contributed by atoms with Gasteiger partial charge in [0, 0.05) is 32.2 Å².